The Bertz CT molecular complexity index is 971. The minimum Gasteiger partial charge on any atom is -0.465 e. The number of nitrogens with zero attached hydrogens (tertiary/aromatic N) is 3. The van der Waals surface area contributed by atoms with Crippen molar-refractivity contribution in [3.63, 3.8) is 0 Å². The van der Waals surface area contributed by atoms with Gasteiger partial charge in [-0.25, -0.2) is 9.78 Å². The maximum absolute atomic E-state index is 12.5. The predicted molar refractivity (Wildman–Crippen MR) is 93.5 cm³/mol. The number of rotatable bonds is 5. The summed E-state index contributed by atoms with van der Waals surface area (Å²) < 4.78 is 1.84. The molecule has 3 N–H and O–H groups in total. The van der Waals surface area contributed by atoms with Crippen LogP contribution in [0.2, 0.25) is 0 Å². The molecule has 2 amide bonds. The number of aromatic nitrogens is 3. The minimum atomic E-state index is -1.05. The van der Waals surface area contributed by atoms with Crippen LogP contribution in [0, 0.1) is 0 Å². The Kier molecular flexibility index (Phi) is 4.94. The van der Waals surface area contributed by atoms with Crippen LogP contribution in [-0.4, -0.2) is 37.7 Å². The van der Waals surface area contributed by atoms with Gasteiger partial charge < -0.3 is 20.0 Å². The Hall–Kier alpha value is -2.94. The molecule has 1 unspecified atom stereocenters. The second kappa shape index (κ2) is 7.31. The fourth-order valence-corrected chi connectivity index (χ4v) is 3.21. The van der Waals surface area contributed by atoms with Gasteiger partial charge in [0.05, 0.1) is 5.56 Å². The summed E-state index contributed by atoms with van der Waals surface area (Å²) in [7, 11) is 0. The number of carbonyl (C=O) groups excluding carboxylic acids is 1. The van der Waals surface area contributed by atoms with Crippen LogP contribution in [0.5, 0.6) is 0 Å². The van der Waals surface area contributed by atoms with Crippen molar-refractivity contribution in [2.24, 2.45) is 4.99 Å². The third-order valence-electron chi connectivity index (χ3n) is 3.71. The second-order valence-electron chi connectivity index (χ2n) is 5.54. The van der Waals surface area contributed by atoms with Gasteiger partial charge >= 0.3 is 6.09 Å². The zero-order valence-corrected chi connectivity index (χ0v) is 14.3. The van der Waals surface area contributed by atoms with Crippen LogP contribution in [0.15, 0.2) is 41.1 Å². The molecule has 1 atom stereocenters. The van der Waals surface area contributed by atoms with E-state index >= 15 is 0 Å². The van der Waals surface area contributed by atoms with Gasteiger partial charge in [0.2, 0.25) is 0 Å². The Morgan fingerprint density at radius 2 is 2.36 bits per heavy atom. The molecule has 0 saturated heterocycles. The van der Waals surface area contributed by atoms with E-state index in [-0.39, 0.29) is 11.9 Å². The van der Waals surface area contributed by atoms with Gasteiger partial charge in [-0.1, -0.05) is 0 Å². The Morgan fingerprint density at radius 3 is 3.16 bits per heavy atom. The lowest BCUT2D eigenvalue weighted by Crippen LogP contribution is -2.32. The molecule has 3 rings (SSSR count). The van der Waals surface area contributed by atoms with E-state index in [1.807, 2.05) is 22.2 Å². The molecule has 0 aliphatic carbocycles. The number of H-pyrrole nitrogens is 1. The van der Waals surface area contributed by atoms with Crippen molar-refractivity contribution in [1.29, 1.82) is 0 Å². The molecule has 0 aromatic carbocycles. The molecule has 3 aromatic heterocycles. The maximum Gasteiger partial charge on any atom is 0.404 e. The predicted octanol–water partition coefficient (Wildman–Crippen LogP) is 2.21. The van der Waals surface area contributed by atoms with Crippen molar-refractivity contribution >= 4 is 34.4 Å². The Morgan fingerprint density at radius 1 is 1.52 bits per heavy atom. The fourth-order valence-electron chi connectivity index (χ4n) is 2.45. The van der Waals surface area contributed by atoms with Gasteiger partial charge in [0.25, 0.3) is 5.91 Å². The van der Waals surface area contributed by atoms with E-state index in [9.17, 15) is 9.59 Å². The maximum atomic E-state index is 12.5. The fraction of sp³-hybridized carbons (Fsp3) is 0.250. The first kappa shape index (κ1) is 16.9. The van der Waals surface area contributed by atoms with Crippen molar-refractivity contribution in [3.8, 4) is 0 Å². The first-order chi connectivity index (χ1) is 12.0. The third-order valence-corrected chi connectivity index (χ3v) is 4.51. The smallest absolute Gasteiger partial charge is 0.404 e. The molecule has 0 radical (unpaired) electrons. The van der Waals surface area contributed by atoms with Crippen LogP contribution in [0.25, 0.3) is 11.0 Å². The van der Waals surface area contributed by atoms with Crippen molar-refractivity contribution in [1.82, 2.24) is 19.9 Å². The Labute approximate surface area is 146 Å². The van der Waals surface area contributed by atoms with E-state index in [2.05, 4.69) is 20.3 Å². The zero-order chi connectivity index (χ0) is 17.8. The highest BCUT2D eigenvalue weighted by atomic mass is 32.1. The van der Waals surface area contributed by atoms with Gasteiger partial charge in [0, 0.05) is 41.9 Å². The number of nitrogens with one attached hydrogen (secondary N) is 2. The number of aryl methyl sites for hydroxylation is 1. The number of fused-ring (bicyclic) bond motifs is 1. The number of carboxylic acid groups (broad SMARTS) is 1. The number of hydrogen-bond acceptors (Lipinski definition) is 4. The lowest BCUT2D eigenvalue weighted by molar-refractivity contribution is 0.0999. The highest BCUT2D eigenvalue weighted by molar-refractivity contribution is 7.07. The lowest BCUT2D eigenvalue weighted by Gasteiger charge is -2.11. The molecule has 130 valence electrons. The largest absolute Gasteiger partial charge is 0.465 e. The molecule has 0 saturated carbocycles. The van der Waals surface area contributed by atoms with E-state index in [1.165, 1.54) is 11.3 Å². The Balaban J connectivity index is 1.79. The van der Waals surface area contributed by atoms with Gasteiger partial charge in [0.15, 0.2) is 4.80 Å². The van der Waals surface area contributed by atoms with Gasteiger partial charge in [0.1, 0.15) is 5.65 Å². The average Bonchev–Trinajstić information content (AvgIpc) is 3.18. The first-order valence-electron chi connectivity index (χ1n) is 7.69. The molecule has 3 aromatic rings. The van der Waals surface area contributed by atoms with Crippen LogP contribution in [-0.2, 0) is 6.54 Å². The highest BCUT2D eigenvalue weighted by Crippen LogP contribution is 2.16. The summed E-state index contributed by atoms with van der Waals surface area (Å²) in [6.45, 7) is 2.36. The monoisotopic (exact) mass is 359 g/mol. The highest BCUT2D eigenvalue weighted by Gasteiger charge is 2.12. The zero-order valence-electron chi connectivity index (χ0n) is 13.5. The van der Waals surface area contributed by atoms with Crippen LogP contribution in [0.1, 0.15) is 23.7 Å². The van der Waals surface area contributed by atoms with Gasteiger partial charge in [-0.3, -0.25) is 4.79 Å². The summed E-state index contributed by atoms with van der Waals surface area (Å²) in [4.78, 5) is 35.1. The molecule has 0 spiro atoms. The number of aromatic amines is 1. The standard InChI is InChI=1S/C16H17N5O3S/c1-10(19-16(23)24)4-6-21-7-8-25-15(21)20-14(22)12-9-18-13-11(12)3-2-5-17-13/h2-3,5,7-10,19H,4,6H2,1H3,(H,17,18)(H,23,24). The number of thiazole rings is 1. The first-order valence-corrected chi connectivity index (χ1v) is 8.57. The van der Waals surface area contributed by atoms with Crippen LogP contribution < -0.4 is 10.1 Å². The quantitative estimate of drug-likeness (QED) is 0.648. The molecule has 3 heterocycles. The average molecular weight is 359 g/mol. The number of carbonyl (C=O) groups is 2. The van der Waals surface area contributed by atoms with Crippen molar-refractivity contribution in [3.05, 3.63) is 46.5 Å². The molecule has 8 nitrogen and oxygen atoms in total. The van der Waals surface area contributed by atoms with Crippen LogP contribution in [0.3, 0.4) is 0 Å². The number of pyridine rings is 1. The normalized spacial score (nSPS) is 13.1. The van der Waals surface area contributed by atoms with Crippen molar-refractivity contribution in [2.45, 2.75) is 25.9 Å². The summed E-state index contributed by atoms with van der Waals surface area (Å²) in [6, 6.07) is 3.41. The molecule has 25 heavy (non-hydrogen) atoms. The van der Waals surface area contributed by atoms with E-state index in [4.69, 9.17) is 5.11 Å². The molecule has 9 heteroatoms. The minimum absolute atomic E-state index is 0.187. The van der Waals surface area contributed by atoms with E-state index in [0.29, 0.717) is 29.0 Å². The molecular weight excluding hydrogens is 342 g/mol. The van der Waals surface area contributed by atoms with E-state index in [0.717, 1.165) is 5.39 Å². The van der Waals surface area contributed by atoms with Crippen molar-refractivity contribution in [2.75, 3.05) is 0 Å². The lowest BCUT2D eigenvalue weighted by atomic mass is 10.2. The second-order valence-corrected chi connectivity index (χ2v) is 6.41. The molecule has 0 bridgehead atoms. The molecule has 0 aliphatic heterocycles. The summed E-state index contributed by atoms with van der Waals surface area (Å²) in [5.74, 6) is -0.341. The van der Waals surface area contributed by atoms with Gasteiger partial charge in [-0.05, 0) is 25.5 Å². The number of hydrogen-bond donors (Lipinski definition) is 3. The van der Waals surface area contributed by atoms with E-state index in [1.54, 1.807) is 25.4 Å². The van der Waals surface area contributed by atoms with Crippen LogP contribution in [0.4, 0.5) is 4.79 Å². The van der Waals surface area contributed by atoms with Gasteiger partial charge in [-0.2, -0.15) is 4.99 Å². The third kappa shape index (κ3) is 3.94. The van der Waals surface area contributed by atoms with E-state index < -0.39 is 6.09 Å². The van der Waals surface area contributed by atoms with Crippen LogP contribution >= 0.6 is 11.3 Å². The molecule has 0 fully saturated rings. The summed E-state index contributed by atoms with van der Waals surface area (Å²) >= 11 is 1.36. The van der Waals surface area contributed by atoms with Gasteiger partial charge in [-0.15, -0.1) is 11.3 Å². The SMILES string of the molecule is CC(CCn1ccsc1=NC(=O)c1c[nH]c2ncccc12)NC(=O)O. The molecule has 0 aliphatic rings. The summed E-state index contributed by atoms with van der Waals surface area (Å²) in [5.41, 5.74) is 1.12. The topological polar surface area (TPSA) is 112 Å². The summed E-state index contributed by atoms with van der Waals surface area (Å²) in [5, 5.41) is 13.7. The number of amides is 2. The molecular formula is C16H17N5O3S. The summed E-state index contributed by atoms with van der Waals surface area (Å²) in [6.07, 6.45) is 4.66. The van der Waals surface area contributed by atoms with Crippen molar-refractivity contribution < 1.29 is 14.7 Å².